The summed E-state index contributed by atoms with van der Waals surface area (Å²) < 4.78 is 8.71. The molecule has 1 heterocycles. The Hall–Kier alpha value is 0.314. The molecule has 1 atom stereocenters. The maximum Gasteiger partial charge on any atom is 0.230 e. The van der Waals surface area contributed by atoms with Crippen LogP contribution in [0.15, 0.2) is 0 Å². The number of nitrogens with zero attached hydrogens (tertiary/aromatic N) is 2. The van der Waals surface area contributed by atoms with Gasteiger partial charge in [0.25, 0.3) is 0 Å². The summed E-state index contributed by atoms with van der Waals surface area (Å²) in [6.45, 7) is 27.8. The number of rotatable bonds is 10. The summed E-state index contributed by atoms with van der Waals surface area (Å²) in [4.78, 5) is 2.70. The van der Waals surface area contributed by atoms with E-state index in [0.717, 1.165) is 22.5 Å². The van der Waals surface area contributed by atoms with Crippen molar-refractivity contribution in [3.63, 3.8) is 0 Å². The summed E-state index contributed by atoms with van der Waals surface area (Å²) >= 11 is 0. The van der Waals surface area contributed by atoms with Gasteiger partial charge in [-0.25, -0.2) is 0 Å². The monoisotopic (exact) mass is 384 g/mol. The molecule has 5 heteroatoms. The van der Waals surface area contributed by atoms with Gasteiger partial charge >= 0.3 is 0 Å². The summed E-state index contributed by atoms with van der Waals surface area (Å²) in [7, 11) is -0.782. The molecule has 0 saturated carbocycles. The van der Waals surface area contributed by atoms with Gasteiger partial charge in [-0.15, -0.1) is 0 Å². The lowest BCUT2D eigenvalue weighted by molar-refractivity contribution is 0.161. The van der Waals surface area contributed by atoms with E-state index in [1.807, 2.05) is 0 Å². The van der Waals surface area contributed by atoms with Crippen molar-refractivity contribution in [3.8, 4) is 0 Å². The maximum absolute atomic E-state index is 5.75. The quantitative estimate of drug-likeness (QED) is 0.499. The Labute approximate surface area is 161 Å². The zero-order valence-electron chi connectivity index (χ0n) is 18.4. The largest absolute Gasteiger partial charge is 0.415 e. The number of hydrogen-bond donors (Lipinski definition) is 0. The summed E-state index contributed by atoms with van der Waals surface area (Å²) in [5, 5.41) is 0. The highest BCUT2D eigenvalue weighted by Gasteiger charge is 2.48. The molecule has 1 aliphatic heterocycles. The molecule has 1 saturated heterocycles. The molecular formula is C20H44N2OSi2. The van der Waals surface area contributed by atoms with E-state index in [4.69, 9.17) is 4.43 Å². The number of piperazine rings is 1. The first-order valence-electron chi connectivity index (χ1n) is 10.5. The van der Waals surface area contributed by atoms with Crippen molar-refractivity contribution in [1.82, 2.24) is 9.47 Å². The second kappa shape index (κ2) is 10.6. The van der Waals surface area contributed by atoms with Crippen LogP contribution in [0.3, 0.4) is 0 Å². The Bertz CT molecular complexity index is 345. The van der Waals surface area contributed by atoms with E-state index in [1.54, 1.807) is 0 Å². The minimum absolute atomic E-state index is 0.371. The lowest BCUT2D eigenvalue weighted by Crippen LogP contribution is -2.65. The topological polar surface area (TPSA) is 15.7 Å². The second-order valence-corrected chi connectivity index (χ2v) is 16.1. The van der Waals surface area contributed by atoms with Crippen LogP contribution in [0, 0.1) is 5.92 Å². The maximum atomic E-state index is 5.75. The Morgan fingerprint density at radius 3 is 1.68 bits per heavy atom. The molecule has 0 aromatic carbocycles. The van der Waals surface area contributed by atoms with Crippen molar-refractivity contribution >= 4 is 18.0 Å². The van der Waals surface area contributed by atoms with Crippen molar-refractivity contribution in [3.05, 3.63) is 0 Å². The van der Waals surface area contributed by atoms with Crippen molar-refractivity contribution in [2.24, 2.45) is 5.92 Å². The molecule has 0 aromatic rings. The predicted octanol–water partition coefficient (Wildman–Crippen LogP) is 4.88. The molecule has 0 bridgehead atoms. The molecule has 0 spiro atoms. The van der Waals surface area contributed by atoms with E-state index in [9.17, 15) is 0 Å². The predicted molar refractivity (Wildman–Crippen MR) is 115 cm³/mol. The van der Waals surface area contributed by atoms with Gasteiger partial charge in [-0.3, -0.25) is 0 Å². The van der Waals surface area contributed by atoms with Gasteiger partial charge in [-0.1, -0.05) is 48.5 Å². The van der Waals surface area contributed by atoms with Crippen molar-refractivity contribution in [1.29, 1.82) is 0 Å². The summed E-state index contributed by atoms with van der Waals surface area (Å²) in [5.41, 5.74) is 2.48. The molecule has 1 rings (SSSR count). The van der Waals surface area contributed by atoms with Crippen LogP contribution in [0.25, 0.3) is 0 Å². The third kappa shape index (κ3) is 6.16. The van der Waals surface area contributed by atoms with Gasteiger partial charge < -0.3 is 13.9 Å². The average Bonchev–Trinajstić information content (AvgIpc) is 2.48. The highest BCUT2D eigenvalue weighted by atomic mass is 28.3. The Kier molecular flexibility index (Phi) is 9.90. The molecule has 0 amide bonds. The summed E-state index contributed by atoms with van der Waals surface area (Å²) in [6, 6.07) is 1.21. The number of hydrogen-bond acceptors (Lipinski definition) is 3. The van der Waals surface area contributed by atoms with Gasteiger partial charge in [-0.05, 0) is 42.4 Å². The van der Waals surface area contributed by atoms with Gasteiger partial charge in [0.05, 0.1) is 0 Å². The Morgan fingerprint density at radius 1 is 0.800 bits per heavy atom. The van der Waals surface area contributed by atoms with Crippen LogP contribution in [0.2, 0.25) is 22.7 Å². The summed E-state index contributed by atoms with van der Waals surface area (Å²) in [5.74, 6) is 0.742. The zero-order chi connectivity index (χ0) is 19.2. The molecule has 0 aliphatic carbocycles. The van der Waals surface area contributed by atoms with Gasteiger partial charge in [0.1, 0.15) is 8.24 Å². The zero-order valence-corrected chi connectivity index (χ0v) is 20.4. The molecule has 0 N–H and O–H groups in total. The second-order valence-electron chi connectivity index (χ2n) is 9.26. The minimum atomic E-state index is -1.44. The van der Waals surface area contributed by atoms with E-state index < -0.39 is 8.24 Å². The molecule has 3 nitrogen and oxygen atoms in total. The fraction of sp³-hybridized carbons (Fsp3) is 1.00. The van der Waals surface area contributed by atoms with Gasteiger partial charge in [0.15, 0.2) is 0 Å². The first-order valence-corrected chi connectivity index (χ1v) is 13.8. The molecule has 25 heavy (non-hydrogen) atoms. The normalized spacial score (nSPS) is 19.6. The van der Waals surface area contributed by atoms with E-state index in [-0.39, 0.29) is 0 Å². The summed E-state index contributed by atoms with van der Waals surface area (Å²) in [6.07, 6.45) is 0.371. The van der Waals surface area contributed by atoms with Crippen LogP contribution in [0.5, 0.6) is 0 Å². The molecule has 1 aliphatic rings. The molecule has 148 valence electrons. The van der Waals surface area contributed by atoms with E-state index in [0.29, 0.717) is 15.9 Å². The van der Waals surface area contributed by atoms with Crippen molar-refractivity contribution in [2.75, 3.05) is 32.7 Å². The average molecular weight is 385 g/mol. The molecule has 1 unspecified atom stereocenters. The van der Waals surface area contributed by atoms with Crippen LogP contribution >= 0.6 is 0 Å². The first-order chi connectivity index (χ1) is 11.6. The van der Waals surface area contributed by atoms with Crippen LogP contribution in [0.1, 0.15) is 62.3 Å². The molecular weight excluding hydrogens is 340 g/mol. The molecule has 1 fully saturated rings. The van der Waals surface area contributed by atoms with Gasteiger partial charge in [-0.2, -0.15) is 0 Å². The minimum Gasteiger partial charge on any atom is -0.415 e. The third-order valence-corrected chi connectivity index (χ3v) is 14.6. The third-order valence-electron chi connectivity index (χ3n) is 6.02. The van der Waals surface area contributed by atoms with Crippen molar-refractivity contribution < 1.29 is 4.43 Å². The van der Waals surface area contributed by atoms with Crippen LogP contribution in [-0.2, 0) is 4.43 Å². The first kappa shape index (κ1) is 23.4. The lowest BCUT2D eigenvalue weighted by atomic mass is 10.2. The fourth-order valence-corrected chi connectivity index (χ4v) is 13.3. The van der Waals surface area contributed by atoms with Crippen LogP contribution < -0.4 is 0 Å². The Morgan fingerprint density at radius 2 is 1.28 bits per heavy atom. The fourth-order valence-electron chi connectivity index (χ4n) is 5.28. The molecule has 0 aromatic heterocycles. The van der Waals surface area contributed by atoms with Crippen molar-refractivity contribution in [2.45, 2.75) is 91.1 Å². The van der Waals surface area contributed by atoms with Gasteiger partial charge in [0, 0.05) is 38.8 Å². The standard InChI is InChI=1S/C20H44N2OSi2/c1-16(2)23-24-15-20(9)14-21-10-12-22(13-11-21)25(17(3)4,18(5)6)19(7)8/h16-20H,10-15H2,1-9H3. The van der Waals surface area contributed by atoms with E-state index in [1.165, 1.54) is 38.8 Å². The molecule has 2 radical (unpaired) electrons. The van der Waals surface area contributed by atoms with Crippen LogP contribution in [0.4, 0.5) is 0 Å². The highest BCUT2D eigenvalue weighted by molar-refractivity contribution is 6.81. The SMILES string of the molecule is CC(C[Si]OC(C)C)CN1CCN([Si](C(C)C)(C(C)C)C(C)C)CC1. The van der Waals surface area contributed by atoms with Crippen LogP contribution in [-0.4, -0.2) is 66.3 Å². The highest BCUT2D eigenvalue weighted by Crippen LogP contribution is 2.44. The van der Waals surface area contributed by atoms with Gasteiger partial charge in [0.2, 0.25) is 9.76 Å². The Balaban J connectivity index is 2.56. The smallest absolute Gasteiger partial charge is 0.230 e. The lowest BCUT2D eigenvalue weighted by Gasteiger charge is -2.53. The van der Waals surface area contributed by atoms with E-state index in [2.05, 4.69) is 71.8 Å². The van der Waals surface area contributed by atoms with E-state index >= 15 is 0 Å².